The highest BCUT2D eigenvalue weighted by Crippen LogP contribution is 2.38. The fourth-order valence-electron chi connectivity index (χ4n) is 4.38. The molecule has 2 aromatic rings. The molecule has 142 valence electrons. The Kier molecular flexibility index (Phi) is 5.51. The first-order valence-corrected chi connectivity index (χ1v) is 9.52. The number of carboxylic acid groups (broad SMARTS) is 1. The van der Waals surface area contributed by atoms with Gasteiger partial charge in [0, 0.05) is 32.1 Å². The van der Waals surface area contributed by atoms with Crippen molar-refractivity contribution in [3.8, 4) is 0 Å². The summed E-state index contributed by atoms with van der Waals surface area (Å²) in [5, 5.41) is 15.2. The highest BCUT2D eigenvalue weighted by molar-refractivity contribution is 6.02. The van der Waals surface area contributed by atoms with E-state index in [4.69, 9.17) is 4.74 Å². The van der Waals surface area contributed by atoms with Gasteiger partial charge in [0.25, 0.3) is 0 Å². The number of carbonyl (C=O) groups is 1. The molecule has 3 rings (SSSR count). The predicted molar refractivity (Wildman–Crippen MR) is 103 cm³/mol. The number of benzene rings is 1. The Morgan fingerprint density at radius 3 is 2.58 bits per heavy atom. The zero-order valence-corrected chi connectivity index (χ0v) is 16.2. The van der Waals surface area contributed by atoms with Crippen molar-refractivity contribution in [3.63, 3.8) is 0 Å². The average molecular weight is 359 g/mol. The van der Waals surface area contributed by atoms with Crippen molar-refractivity contribution >= 4 is 22.6 Å². The molecule has 6 nitrogen and oxygen atoms in total. The summed E-state index contributed by atoms with van der Waals surface area (Å²) in [7, 11) is 3.65. The van der Waals surface area contributed by atoms with E-state index in [1.54, 1.807) is 17.9 Å². The zero-order chi connectivity index (χ0) is 18.8. The number of aromatic nitrogens is 2. The predicted octanol–water partition coefficient (Wildman–Crippen LogP) is 3.62. The Balaban J connectivity index is 2.13. The van der Waals surface area contributed by atoms with E-state index in [-0.39, 0.29) is 0 Å². The summed E-state index contributed by atoms with van der Waals surface area (Å²) in [6.45, 7) is 5.03. The molecule has 0 radical (unpaired) electrons. The second-order valence-electron chi connectivity index (χ2n) is 7.06. The Bertz CT molecular complexity index is 791. The number of ether oxygens (including phenoxy) is 1. The third-order valence-electron chi connectivity index (χ3n) is 5.76. The van der Waals surface area contributed by atoms with Gasteiger partial charge in [0.15, 0.2) is 0 Å². The maximum absolute atomic E-state index is 11.9. The van der Waals surface area contributed by atoms with E-state index in [2.05, 4.69) is 16.9 Å². The van der Waals surface area contributed by atoms with Crippen molar-refractivity contribution in [1.82, 2.24) is 9.78 Å². The molecule has 0 aliphatic heterocycles. The van der Waals surface area contributed by atoms with Crippen molar-refractivity contribution in [2.75, 3.05) is 18.6 Å². The number of carboxylic acids is 1. The molecule has 0 atom stereocenters. The van der Waals surface area contributed by atoms with E-state index >= 15 is 0 Å². The van der Waals surface area contributed by atoms with Crippen LogP contribution in [-0.2, 0) is 18.2 Å². The van der Waals surface area contributed by atoms with E-state index in [0.29, 0.717) is 24.1 Å². The van der Waals surface area contributed by atoms with E-state index in [9.17, 15) is 9.90 Å². The van der Waals surface area contributed by atoms with Crippen molar-refractivity contribution in [3.05, 3.63) is 23.4 Å². The Hall–Kier alpha value is -2.08. The standard InChI is InChI=1S/C20H29N3O3/c1-5-15-16(20(24)25)11-18-17(12-21-22(18)3)19(15)23(6-2)13-7-9-14(26-4)10-8-13/h11-14H,5-10H2,1-4H3,(H,24,25). The molecule has 0 saturated heterocycles. The maximum atomic E-state index is 11.9. The van der Waals surface area contributed by atoms with E-state index in [1.165, 1.54) is 0 Å². The van der Waals surface area contributed by atoms with Gasteiger partial charge < -0.3 is 14.7 Å². The lowest BCUT2D eigenvalue weighted by atomic mass is 9.90. The molecule has 26 heavy (non-hydrogen) atoms. The minimum absolute atomic E-state index is 0.347. The summed E-state index contributed by atoms with van der Waals surface area (Å²) in [6, 6.07) is 2.17. The van der Waals surface area contributed by atoms with Gasteiger partial charge >= 0.3 is 5.97 Å². The number of hydrogen-bond acceptors (Lipinski definition) is 4. The number of nitrogens with zero attached hydrogens (tertiary/aromatic N) is 3. The molecular weight excluding hydrogens is 330 g/mol. The molecule has 1 aromatic heterocycles. The molecule has 1 aromatic carbocycles. The largest absolute Gasteiger partial charge is 0.478 e. The number of fused-ring (bicyclic) bond motifs is 1. The lowest BCUT2D eigenvalue weighted by molar-refractivity contribution is 0.0656. The third kappa shape index (κ3) is 3.18. The van der Waals surface area contributed by atoms with Crippen LogP contribution >= 0.6 is 0 Å². The minimum Gasteiger partial charge on any atom is -0.478 e. The normalized spacial score (nSPS) is 20.5. The zero-order valence-electron chi connectivity index (χ0n) is 16.2. The first kappa shape index (κ1) is 18.7. The maximum Gasteiger partial charge on any atom is 0.336 e. The molecule has 1 aliphatic rings. The Morgan fingerprint density at radius 2 is 2.04 bits per heavy atom. The molecule has 1 fully saturated rings. The quantitative estimate of drug-likeness (QED) is 0.853. The van der Waals surface area contributed by atoms with Crippen molar-refractivity contribution in [1.29, 1.82) is 0 Å². The van der Waals surface area contributed by atoms with E-state index in [0.717, 1.165) is 54.4 Å². The first-order chi connectivity index (χ1) is 12.5. The van der Waals surface area contributed by atoms with Crippen molar-refractivity contribution < 1.29 is 14.6 Å². The third-order valence-corrected chi connectivity index (χ3v) is 5.76. The van der Waals surface area contributed by atoms with Gasteiger partial charge in [0.05, 0.1) is 29.1 Å². The number of aromatic carboxylic acids is 1. The number of hydrogen-bond donors (Lipinski definition) is 1. The van der Waals surface area contributed by atoms with Crippen LogP contribution in [0.4, 0.5) is 5.69 Å². The number of aryl methyl sites for hydroxylation is 1. The van der Waals surface area contributed by atoms with Crippen LogP contribution in [0.15, 0.2) is 12.3 Å². The highest BCUT2D eigenvalue weighted by Gasteiger charge is 2.29. The molecule has 0 amide bonds. The van der Waals surface area contributed by atoms with Gasteiger partial charge in [-0.1, -0.05) is 6.92 Å². The molecule has 6 heteroatoms. The monoisotopic (exact) mass is 359 g/mol. The lowest BCUT2D eigenvalue weighted by Gasteiger charge is -2.39. The molecule has 0 bridgehead atoms. The Labute approximate surface area is 154 Å². The molecule has 1 aliphatic carbocycles. The topological polar surface area (TPSA) is 67.6 Å². The van der Waals surface area contributed by atoms with Crippen LogP contribution in [0.25, 0.3) is 10.9 Å². The summed E-state index contributed by atoms with van der Waals surface area (Å²) in [5.41, 5.74) is 3.23. The van der Waals surface area contributed by atoms with E-state index in [1.807, 2.05) is 20.2 Å². The van der Waals surface area contributed by atoms with Gasteiger partial charge in [-0.25, -0.2) is 4.79 Å². The fourth-order valence-corrected chi connectivity index (χ4v) is 4.38. The van der Waals surface area contributed by atoms with Crippen LogP contribution in [0.2, 0.25) is 0 Å². The van der Waals surface area contributed by atoms with Gasteiger partial charge in [-0.2, -0.15) is 5.10 Å². The molecule has 1 saturated carbocycles. The second kappa shape index (κ2) is 7.66. The average Bonchev–Trinajstić information content (AvgIpc) is 3.03. The first-order valence-electron chi connectivity index (χ1n) is 9.52. The number of rotatable bonds is 6. The van der Waals surface area contributed by atoms with Gasteiger partial charge in [0.1, 0.15) is 0 Å². The minimum atomic E-state index is -0.870. The van der Waals surface area contributed by atoms with Crippen LogP contribution in [0.5, 0.6) is 0 Å². The van der Waals surface area contributed by atoms with Gasteiger partial charge in [-0.3, -0.25) is 4.68 Å². The van der Waals surface area contributed by atoms with Crippen molar-refractivity contribution in [2.45, 2.75) is 58.1 Å². The highest BCUT2D eigenvalue weighted by atomic mass is 16.5. The smallest absolute Gasteiger partial charge is 0.336 e. The summed E-state index contributed by atoms with van der Waals surface area (Å²) in [5.74, 6) is -0.870. The molecule has 0 unspecified atom stereocenters. The lowest BCUT2D eigenvalue weighted by Crippen LogP contribution is -2.40. The summed E-state index contributed by atoms with van der Waals surface area (Å²) in [4.78, 5) is 14.3. The number of anilines is 1. The van der Waals surface area contributed by atoms with Crippen LogP contribution in [0.3, 0.4) is 0 Å². The summed E-state index contributed by atoms with van der Waals surface area (Å²) < 4.78 is 7.28. The summed E-state index contributed by atoms with van der Waals surface area (Å²) >= 11 is 0. The number of methoxy groups -OCH3 is 1. The molecular formula is C20H29N3O3. The van der Waals surface area contributed by atoms with Gasteiger partial charge in [0.2, 0.25) is 0 Å². The summed E-state index contributed by atoms with van der Waals surface area (Å²) in [6.07, 6.45) is 7.13. The SMILES string of the molecule is CCc1c(C(=O)O)cc2c(cnn2C)c1N(CC)C1CCC(OC)CC1. The fraction of sp³-hybridized carbons (Fsp3) is 0.600. The molecule has 1 heterocycles. The van der Waals surface area contributed by atoms with Gasteiger partial charge in [-0.15, -0.1) is 0 Å². The van der Waals surface area contributed by atoms with Crippen LogP contribution in [0, 0.1) is 0 Å². The Morgan fingerprint density at radius 1 is 1.35 bits per heavy atom. The van der Waals surface area contributed by atoms with Crippen LogP contribution in [-0.4, -0.2) is 46.7 Å². The van der Waals surface area contributed by atoms with Crippen molar-refractivity contribution in [2.24, 2.45) is 7.05 Å². The van der Waals surface area contributed by atoms with E-state index < -0.39 is 5.97 Å². The van der Waals surface area contributed by atoms with Crippen LogP contribution in [0.1, 0.15) is 55.5 Å². The molecule has 0 spiro atoms. The molecule has 1 N–H and O–H groups in total. The van der Waals surface area contributed by atoms with Gasteiger partial charge in [-0.05, 0) is 50.7 Å². The second-order valence-corrected chi connectivity index (χ2v) is 7.06. The van der Waals surface area contributed by atoms with Crippen LogP contribution < -0.4 is 4.90 Å².